The van der Waals surface area contributed by atoms with Gasteiger partial charge in [-0.2, -0.15) is 13.2 Å². The van der Waals surface area contributed by atoms with Crippen LogP contribution in [0.25, 0.3) is 0 Å². The highest BCUT2D eigenvalue weighted by Crippen LogP contribution is 2.49. The van der Waals surface area contributed by atoms with Gasteiger partial charge in [0.05, 0.1) is 5.92 Å². The molecule has 1 atom stereocenters. The molecule has 2 rings (SSSR count). The van der Waals surface area contributed by atoms with Crippen LogP contribution >= 0.6 is 0 Å². The molecule has 1 heterocycles. The van der Waals surface area contributed by atoms with Crippen LogP contribution in [0.5, 0.6) is 0 Å². The maximum absolute atomic E-state index is 12.6. The summed E-state index contributed by atoms with van der Waals surface area (Å²) >= 11 is 0. The Kier molecular flexibility index (Phi) is 2.86. The molecule has 2 fully saturated rings. The van der Waals surface area contributed by atoms with Crippen molar-refractivity contribution in [3.63, 3.8) is 0 Å². The fourth-order valence-corrected chi connectivity index (χ4v) is 2.02. The lowest BCUT2D eigenvalue weighted by Gasteiger charge is -2.26. The molecule has 1 aliphatic carbocycles. The molecule has 1 amide bonds. The monoisotopic (exact) mass is 236 g/mol. The summed E-state index contributed by atoms with van der Waals surface area (Å²) < 4.78 is 37.8. The van der Waals surface area contributed by atoms with E-state index in [0.717, 1.165) is 13.0 Å². The molecule has 2 N–H and O–H groups in total. The SMILES string of the molecule is O=C(NC1(C(F)(F)F)CC1)[C@H]1CCCNC1. The molecule has 0 unspecified atom stereocenters. The summed E-state index contributed by atoms with van der Waals surface area (Å²) in [5.74, 6) is -0.768. The molecule has 0 aromatic rings. The van der Waals surface area contributed by atoms with Gasteiger partial charge in [0, 0.05) is 6.54 Å². The molecule has 1 saturated carbocycles. The number of alkyl halides is 3. The normalized spacial score (nSPS) is 28.6. The topological polar surface area (TPSA) is 41.1 Å². The predicted octanol–water partition coefficient (Wildman–Crippen LogP) is 1.20. The highest BCUT2D eigenvalue weighted by Gasteiger charge is 2.64. The van der Waals surface area contributed by atoms with Crippen molar-refractivity contribution in [1.29, 1.82) is 0 Å². The predicted molar refractivity (Wildman–Crippen MR) is 51.8 cm³/mol. The Morgan fingerprint density at radius 1 is 1.38 bits per heavy atom. The molecule has 2 aliphatic rings. The molecular formula is C10H15F3N2O. The number of halogens is 3. The van der Waals surface area contributed by atoms with Gasteiger partial charge in [0.1, 0.15) is 5.54 Å². The van der Waals surface area contributed by atoms with Crippen LogP contribution < -0.4 is 10.6 Å². The first-order chi connectivity index (χ1) is 7.45. The summed E-state index contributed by atoms with van der Waals surface area (Å²) in [7, 11) is 0. The average Bonchev–Trinajstić information content (AvgIpc) is 2.99. The number of hydrogen-bond acceptors (Lipinski definition) is 2. The van der Waals surface area contributed by atoms with Crippen molar-refractivity contribution in [3.8, 4) is 0 Å². The molecule has 1 aliphatic heterocycles. The van der Waals surface area contributed by atoms with Crippen molar-refractivity contribution in [2.45, 2.75) is 37.4 Å². The van der Waals surface area contributed by atoms with Crippen LogP contribution in [0, 0.1) is 5.92 Å². The third-order valence-corrected chi connectivity index (χ3v) is 3.32. The zero-order valence-corrected chi connectivity index (χ0v) is 8.86. The van der Waals surface area contributed by atoms with Crippen LogP contribution in [0.4, 0.5) is 13.2 Å². The van der Waals surface area contributed by atoms with Crippen molar-refractivity contribution in [3.05, 3.63) is 0 Å². The number of hydrogen-bond donors (Lipinski definition) is 2. The van der Waals surface area contributed by atoms with E-state index in [1.807, 2.05) is 0 Å². The van der Waals surface area contributed by atoms with Crippen molar-refractivity contribution in [2.24, 2.45) is 5.92 Å². The summed E-state index contributed by atoms with van der Waals surface area (Å²) in [5, 5.41) is 5.19. The second kappa shape index (κ2) is 3.91. The van der Waals surface area contributed by atoms with Gasteiger partial charge >= 0.3 is 6.18 Å². The minimum Gasteiger partial charge on any atom is -0.342 e. The molecule has 0 aromatic heterocycles. The zero-order chi connectivity index (χ0) is 11.8. The van der Waals surface area contributed by atoms with Crippen molar-refractivity contribution >= 4 is 5.91 Å². The van der Waals surface area contributed by atoms with E-state index in [2.05, 4.69) is 10.6 Å². The van der Waals surface area contributed by atoms with E-state index in [-0.39, 0.29) is 18.8 Å². The Labute approximate surface area is 91.8 Å². The maximum Gasteiger partial charge on any atom is 0.411 e. The summed E-state index contributed by atoms with van der Waals surface area (Å²) in [6, 6.07) is 0. The highest BCUT2D eigenvalue weighted by atomic mass is 19.4. The lowest BCUT2D eigenvalue weighted by Crippen LogP contribution is -2.51. The van der Waals surface area contributed by atoms with Crippen molar-refractivity contribution in [2.75, 3.05) is 13.1 Å². The molecule has 6 heteroatoms. The van der Waals surface area contributed by atoms with Gasteiger partial charge in [0.15, 0.2) is 0 Å². The van der Waals surface area contributed by atoms with E-state index in [9.17, 15) is 18.0 Å². The van der Waals surface area contributed by atoms with E-state index in [1.54, 1.807) is 0 Å². The molecule has 0 bridgehead atoms. The fraction of sp³-hybridized carbons (Fsp3) is 0.900. The van der Waals surface area contributed by atoms with Gasteiger partial charge in [0.2, 0.25) is 5.91 Å². The number of carbonyl (C=O) groups excluding carboxylic acids is 1. The molecule has 1 saturated heterocycles. The zero-order valence-electron chi connectivity index (χ0n) is 8.86. The Morgan fingerprint density at radius 2 is 2.06 bits per heavy atom. The Bertz CT molecular complexity index is 280. The standard InChI is InChI=1S/C10H15F3N2O/c11-10(12,13)9(3-4-9)15-8(16)7-2-1-5-14-6-7/h7,14H,1-6H2,(H,15,16)/t7-/m0/s1. The van der Waals surface area contributed by atoms with Gasteiger partial charge in [0.25, 0.3) is 0 Å². The lowest BCUT2D eigenvalue weighted by atomic mass is 9.98. The van der Waals surface area contributed by atoms with Crippen LogP contribution in [-0.4, -0.2) is 30.7 Å². The molecule has 0 radical (unpaired) electrons. The number of rotatable bonds is 2. The summed E-state index contributed by atoms with van der Waals surface area (Å²) in [5.41, 5.74) is -1.92. The van der Waals surface area contributed by atoms with Gasteiger partial charge in [-0.15, -0.1) is 0 Å². The van der Waals surface area contributed by atoms with Gasteiger partial charge < -0.3 is 10.6 Å². The minimum absolute atomic E-state index is 0.0163. The van der Waals surface area contributed by atoms with Gasteiger partial charge in [-0.3, -0.25) is 4.79 Å². The first-order valence-corrected chi connectivity index (χ1v) is 5.54. The van der Waals surface area contributed by atoms with E-state index in [1.165, 1.54) is 0 Å². The van der Waals surface area contributed by atoms with Crippen LogP contribution in [0.3, 0.4) is 0 Å². The Hall–Kier alpha value is -0.780. The van der Waals surface area contributed by atoms with Gasteiger partial charge in [-0.25, -0.2) is 0 Å². The van der Waals surface area contributed by atoms with Gasteiger partial charge in [-0.1, -0.05) is 0 Å². The van der Waals surface area contributed by atoms with Crippen LogP contribution in [0.1, 0.15) is 25.7 Å². The van der Waals surface area contributed by atoms with Crippen LogP contribution in [0.2, 0.25) is 0 Å². The molecule has 0 spiro atoms. The highest BCUT2D eigenvalue weighted by molar-refractivity contribution is 5.80. The average molecular weight is 236 g/mol. The maximum atomic E-state index is 12.6. The lowest BCUT2D eigenvalue weighted by molar-refractivity contribution is -0.171. The quantitative estimate of drug-likeness (QED) is 0.756. The minimum atomic E-state index is -4.31. The molecule has 0 aromatic carbocycles. The first-order valence-electron chi connectivity index (χ1n) is 5.54. The smallest absolute Gasteiger partial charge is 0.342 e. The van der Waals surface area contributed by atoms with Gasteiger partial charge in [-0.05, 0) is 32.2 Å². The number of nitrogens with one attached hydrogen (secondary N) is 2. The number of carbonyl (C=O) groups is 1. The third-order valence-electron chi connectivity index (χ3n) is 3.32. The summed E-state index contributed by atoms with van der Waals surface area (Å²) in [4.78, 5) is 11.6. The van der Waals surface area contributed by atoms with E-state index in [4.69, 9.17) is 0 Å². The Morgan fingerprint density at radius 3 is 2.50 bits per heavy atom. The largest absolute Gasteiger partial charge is 0.411 e. The van der Waals surface area contributed by atoms with Crippen LogP contribution in [-0.2, 0) is 4.79 Å². The Balaban J connectivity index is 1.92. The van der Waals surface area contributed by atoms with Crippen molar-refractivity contribution in [1.82, 2.24) is 10.6 Å². The van der Waals surface area contributed by atoms with Crippen LogP contribution in [0.15, 0.2) is 0 Å². The van der Waals surface area contributed by atoms with E-state index < -0.39 is 17.6 Å². The first kappa shape index (κ1) is 11.7. The summed E-state index contributed by atoms with van der Waals surface area (Å²) in [6.45, 7) is 1.33. The summed E-state index contributed by atoms with van der Waals surface area (Å²) in [6.07, 6.45) is -2.76. The molecule has 3 nitrogen and oxygen atoms in total. The third kappa shape index (κ3) is 2.16. The molecular weight excluding hydrogens is 221 g/mol. The van der Waals surface area contributed by atoms with E-state index >= 15 is 0 Å². The molecule has 92 valence electrons. The molecule has 16 heavy (non-hydrogen) atoms. The number of piperidine rings is 1. The fourth-order valence-electron chi connectivity index (χ4n) is 2.02. The van der Waals surface area contributed by atoms with E-state index in [0.29, 0.717) is 13.0 Å². The second-order valence-corrected chi connectivity index (χ2v) is 4.61. The van der Waals surface area contributed by atoms with Crippen molar-refractivity contribution < 1.29 is 18.0 Å². The second-order valence-electron chi connectivity index (χ2n) is 4.61. The number of amides is 1.